The summed E-state index contributed by atoms with van der Waals surface area (Å²) in [6.45, 7) is 4.41. The predicted octanol–water partition coefficient (Wildman–Crippen LogP) is 3.21. The summed E-state index contributed by atoms with van der Waals surface area (Å²) in [5.41, 5.74) is 0.794. The van der Waals surface area contributed by atoms with E-state index in [2.05, 4.69) is 6.92 Å². The Morgan fingerprint density at radius 2 is 1.81 bits per heavy atom. The molecule has 5 heteroatoms. The molecule has 0 radical (unpaired) electrons. The number of para-hydroxylation sites is 1. The number of hydrogen-bond acceptors (Lipinski definition) is 2. The lowest BCUT2D eigenvalue weighted by Gasteiger charge is -2.31. The van der Waals surface area contributed by atoms with Crippen molar-refractivity contribution >= 4 is 17.7 Å². The van der Waals surface area contributed by atoms with Gasteiger partial charge in [-0.05, 0) is 25.0 Å². The Bertz CT molecular complexity index is 462. The van der Waals surface area contributed by atoms with Gasteiger partial charge in [0.25, 0.3) is 0 Å². The number of anilines is 1. The van der Waals surface area contributed by atoms with Gasteiger partial charge in [-0.2, -0.15) is 0 Å². The summed E-state index contributed by atoms with van der Waals surface area (Å²) in [6, 6.07) is 8.29. The van der Waals surface area contributed by atoms with E-state index in [9.17, 15) is 14.7 Å². The van der Waals surface area contributed by atoms with Gasteiger partial charge in [-0.15, -0.1) is 0 Å². The van der Waals surface area contributed by atoms with Crippen molar-refractivity contribution in [1.29, 1.82) is 0 Å². The van der Waals surface area contributed by atoms with Gasteiger partial charge in [-0.3, -0.25) is 4.90 Å². The van der Waals surface area contributed by atoms with Gasteiger partial charge >= 0.3 is 12.0 Å². The molecule has 0 aliphatic carbocycles. The molecule has 0 spiro atoms. The van der Waals surface area contributed by atoms with Gasteiger partial charge in [-0.25, -0.2) is 9.59 Å². The van der Waals surface area contributed by atoms with E-state index in [1.807, 2.05) is 30.3 Å². The van der Waals surface area contributed by atoms with Crippen molar-refractivity contribution in [2.24, 2.45) is 0 Å². The fourth-order valence-electron chi connectivity index (χ4n) is 2.20. The van der Waals surface area contributed by atoms with E-state index in [4.69, 9.17) is 0 Å². The van der Waals surface area contributed by atoms with Crippen molar-refractivity contribution in [3.05, 3.63) is 30.3 Å². The molecule has 0 aliphatic rings. The number of likely N-dealkylation sites (N-methyl/N-ethyl adjacent to an activating group) is 1. The highest BCUT2D eigenvalue weighted by Gasteiger charge is 2.28. The summed E-state index contributed by atoms with van der Waals surface area (Å²) in [6.07, 6.45) is 2.22. The highest BCUT2D eigenvalue weighted by Crippen LogP contribution is 2.17. The van der Waals surface area contributed by atoms with Gasteiger partial charge < -0.3 is 10.0 Å². The molecule has 0 saturated heterocycles. The molecule has 0 aliphatic heterocycles. The van der Waals surface area contributed by atoms with Crippen LogP contribution in [0.3, 0.4) is 0 Å². The zero-order valence-corrected chi connectivity index (χ0v) is 13.0. The highest BCUT2D eigenvalue weighted by atomic mass is 16.4. The third-order valence-corrected chi connectivity index (χ3v) is 3.48. The first-order valence-corrected chi connectivity index (χ1v) is 7.35. The molecule has 1 N–H and O–H groups in total. The van der Waals surface area contributed by atoms with E-state index < -0.39 is 12.0 Å². The van der Waals surface area contributed by atoms with Crippen LogP contribution in [-0.4, -0.2) is 41.6 Å². The molecule has 21 heavy (non-hydrogen) atoms. The maximum atomic E-state index is 12.6. The molecule has 5 nitrogen and oxygen atoms in total. The summed E-state index contributed by atoms with van der Waals surface area (Å²) in [5, 5.41) is 9.21. The quantitative estimate of drug-likeness (QED) is 0.839. The van der Waals surface area contributed by atoms with Gasteiger partial charge in [0.05, 0.1) is 0 Å². The number of carboxylic acid groups (broad SMARTS) is 1. The molecular weight excluding hydrogens is 268 g/mol. The van der Waals surface area contributed by atoms with E-state index >= 15 is 0 Å². The van der Waals surface area contributed by atoms with Crippen LogP contribution >= 0.6 is 0 Å². The first-order chi connectivity index (χ1) is 10.0. The zero-order chi connectivity index (χ0) is 15.8. The molecule has 1 unspecified atom stereocenters. The average Bonchev–Trinajstić information content (AvgIpc) is 2.48. The Hall–Kier alpha value is -2.04. The normalized spacial score (nSPS) is 11.8. The molecular formula is C16H24N2O3. The van der Waals surface area contributed by atoms with Crippen molar-refractivity contribution in [3.8, 4) is 0 Å². The van der Waals surface area contributed by atoms with Crippen LogP contribution in [0.15, 0.2) is 30.3 Å². The lowest BCUT2D eigenvalue weighted by Crippen LogP contribution is -2.49. The van der Waals surface area contributed by atoms with E-state index in [0.717, 1.165) is 18.5 Å². The highest BCUT2D eigenvalue weighted by molar-refractivity contribution is 5.94. The monoisotopic (exact) mass is 292 g/mol. The van der Waals surface area contributed by atoms with E-state index in [1.54, 1.807) is 18.9 Å². The van der Waals surface area contributed by atoms with Gasteiger partial charge in [0.1, 0.15) is 6.04 Å². The van der Waals surface area contributed by atoms with Crippen LogP contribution in [0.25, 0.3) is 0 Å². The number of urea groups is 1. The topological polar surface area (TPSA) is 60.9 Å². The van der Waals surface area contributed by atoms with Crippen LogP contribution in [0.2, 0.25) is 0 Å². The molecule has 0 saturated carbocycles. The second-order valence-corrected chi connectivity index (χ2v) is 5.00. The Morgan fingerprint density at radius 1 is 1.19 bits per heavy atom. The number of amides is 2. The van der Waals surface area contributed by atoms with Crippen LogP contribution in [0.5, 0.6) is 0 Å². The number of unbranched alkanes of at least 4 members (excludes halogenated alkanes) is 1. The van der Waals surface area contributed by atoms with Gasteiger partial charge in [0.2, 0.25) is 0 Å². The predicted molar refractivity (Wildman–Crippen MR) is 83.6 cm³/mol. The van der Waals surface area contributed by atoms with Gasteiger partial charge in [-0.1, -0.05) is 38.5 Å². The molecule has 1 aromatic carbocycles. The number of carbonyl (C=O) groups is 2. The minimum absolute atomic E-state index is 0.274. The first kappa shape index (κ1) is 17.0. The zero-order valence-electron chi connectivity index (χ0n) is 13.0. The van der Waals surface area contributed by atoms with Crippen LogP contribution in [0, 0.1) is 0 Å². The first-order valence-electron chi connectivity index (χ1n) is 7.35. The van der Waals surface area contributed by atoms with Crippen molar-refractivity contribution in [3.63, 3.8) is 0 Å². The minimum atomic E-state index is -0.975. The lowest BCUT2D eigenvalue weighted by atomic mass is 10.2. The third-order valence-electron chi connectivity index (χ3n) is 3.48. The number of nitrogens with zero attached hydrogens (tertiary/aromatic N) is 2. The summed E-state index contributed by atoms with van der Waals surface area (Å²) in [7, 11) is 1.55. The molecule has 0 bridgehead atoms. The smallest absolute Gasteiger partial charge is 0.326 e. The summed E-state index contributed by atoms with van der Waals surface area (Å²) in [4.78, 5) is 26.8. The van der Waals surface area contributed by atoms with E-state index in [1.165, 1.54) is 4.90 Å². The van der Waals surface area contributed by atoms with Crippen LogP contribution in [-0.2, 0) is 4.79 Å². The lowest BCUT2D eigenvalue weighted by molar-refractivity contribution is -0.141. The molecule has 1 rings (SSSR count). The third kappa shape index (κ3) is 4.48. The molecule has 0 aromatic heterocycles. The summed E-state index contributed by atoms with van der Waals surface area (Å²) in [5.74, 6) is -0.975. The fourth-order valence-corrected chi connectivity index (χ4v) is 2.20. The number of rotatable bonds is 7. The molecule has 2 amide bonds. The Labute approximate surface area is 126 Å². The number of carboxylic acids is 1. The van der Waals surface area contributed by atoms with Crippen LogP contribution in [0.4, 0.5) is 10.5 Å². The second-order valence-electron chi connectivity index (χ2n) is 5.00. The van der Waals surface area contributed by atoms with E-state index in [0.29, 0.717) is 13.0 Å². The molecule has 116 valence electrons. The van der Waals surface area contributed by atoms with Crippen LogP contribution in [0.1, 0.15) is 33.1 Å². The number of hydrogen-bond donors (Lipinski definition) is 1. The minimum Gasteiger partial charge on any atom is -0.480 e. The van der Waals surface area contributed by atoms with Crippen molar-refractivity contribution in [2.75, 3.05) is 18.5 Å². The van der Waals surface area contributed by atoms with Crippen molar-refractivity contribution in [2.45, 2.75) is 39.2 Å². The number of aliphatic carboxylic acids is 1. The van der Waals surface area contributed by atoms with E-state index in [-0.39, 0.29) is 6.03 Å². The van der Waals surface area contributed by atoms with Crippen LogP contribution < -0.4 is 4.90 Å². The Kier molecular flexibility index (Phi) is 6.72. The molecule has 1 aromatic rings. The maximum Gasteiger partial charge on any atom is 0.326 e. The van der Waals surface area contributed by atoms with Gasteiger partial charge in [0, 0.05) is 19.3 Å². The summed E-state index contributed by atoms with van der Waals surface area (Å²) >= 11 is 0. The Balaban J connectivity index is 2.97. The Morgan fingerprint density at radius 3 is 2.29 bits per heavy atom. The average molecular weight is 292 g/mol. The summed E-state index contributed by atoms with van der Waals surface area (Å²) < 4.78 is 0. The maximum absolute atomic E-state index is 12.6. The SMILES string of the molecule is CCCCN(C(=O)N(C)C(CC)C(=O)O)c1ccccc1. The largest absolute Gasteiger partial charge is 0.480 e. The fraction of sp³-hybridized carbons (Fsp3) is 0.500. The van der Waals surface area contributed by atoms with Crippen molar-refractivity contribution in [1.82, 2.24) is 4.90 Å². The number of benzene rings is 1. The van der Waals surface area contributed by atoms with Gasteiger partial charge in [0.15, 0.2) is 0 Å². The van der Waals surface area contributed by atoms with Crippen molar-refractivity contribution < 1.29 is 14.7 Å². The molecule has 0 heterocycles. The number of carbonyl (C=O) groups excluding carboxylic acids is 1. The standard InChI is InChI=1S/C16H24N2O3/c1-4-6-12-18(13-10-8-7-9-11-13)16(21)17(3)14(5-2)15(19)20/h7-11,14H,4-6,12H2,1-3H3,(H,19,20). The molecule has 1 atom stereocenters. The molecule has 0 fully saturated rings. The second kappa shape index (κ2) is 8.29.